The van der Waals surface area contributed by atoms with Gasteiger partial charge in [0.05, 0.1) is 0 Å². The van der Waals surface area contributed by atoms with Gasteiger partial charge < -0.3 is 14.9 Å². The molecule has 18 heavy (non-hydrogen) atoms. The SMILES string of the molecule is CCC(CC)(CO)CN(CCN(C)C)CC(C)C. The molecule has 0 aliphatic carbocycles. The van der Waals surface area contributed by atoms with Crippen molar-refractivity contribution in [3.05, 3.63) is 0 Å². The summed E-state index contributed by atoms with van der Waals surface area (Å²) < 4.78 is 0. The zero-order chi connectivity index (χ0) is 14.2. The van der Waals surface area contributed by atoms with Crippen molar-refractivity contribution in [3.63, 3.8) is 0 Å². The van der Waals surface area contributed by atoms with E-state index in [1.807, 2.05) is 0 Å². The lowest BCUT2D eigenvalue weighted by atomic mass is 9.82. The molecule has 0 aromatic heterocycles. The van der Waals surface area contributed by atoms with Crippen LogP contribution in [0.15, 0.2) is 0 Å². The normalized spacial score (nSPS) is 13.0. The first kappa shape index (κ1) is 17.9. The van der Waals surface area contributed by atoms with Crippen LogP contribution in [0.2, 0.25) is 0 Å². The highest BCUT2D eigenvalue weighted by atomic mass is 16.3. The number of rotatable bonds is 10. The summed E-state index contributed by atoms with van der Waals surface area (Å²) in [6.45, 7) is 13.5. The average molecular weight is 258 g/mol. The van der Waals surface area contributed by atoms with Crippen LogP contribution in [0.25, 0.3) is 0 Å². The Morgan fingerprint density at radius 3 is 1.94 bits per heavy atom. The molecule has 0 atom stereocenters. The molecule has 3 heteroatoms. The molecule has 0 unspecified atom stereocenters. The molecule has 0 saturated heterocycles. The lowest BCUT2D eigenvalue weighted by Crippen LogP contribution is -2.43. The second kappa shape index (κ2) is 8.89. The topological polar surface area (TPSA) is 26.7 Å². The van der Waals surface area contributed by atoms with Gasteiger partial charge in [0.25, 0.3) is 0 Å². The Morgan fingerprint density at radius 2 is 1.61 bits per heavy atom. The molecule has 0 heterocycles. The van der Waals surface area contributed by atoms with Gasteiger partial charge in [0, 0.05) is 38.2 Å². The highest BCUT2D eigenvalue weighted by molar-refractivity contribution is 4.80. The summed E-state index contributed by atoms with van der Waals surface area (Å²) in [7, 11) is 4.24. The number of hydrogen-bond acceptors (Lipinski definition) is 3. The zero-order valence-corrected chi connectivity index (χ0v) is 13.4. The van der Waals surface area contributed by atoms with Crippen LogP contribution in [-0.4, -0.2) is 61.8 Å². The first-order chi connectivity index (χ1) is 8.39. The highest BCUT2D eigenvalue weighted by Gasteiger charge is 2.28. The quantitative estimate of drug-likeness (QED) is 0.651. The van der Waals surface area contributed by atoms with Gasteiger partial charge in [0.15, 0.2) is 0 Å². The summed E-state index contributed by atoms with van der Waals surface area (Å²) in [5.41, 5.74) is 0.0845. The van der Waals surface area contributed by atoms with Crippen molar-refractivity contribution in [1.29, 1.82) is 0 Å². The van der Waals surface area contributed by atoms with E-state index in [0.29, 0.717) is 12.5 Å². The highest BCUT2D eigenvalue weighted by Crippen LogP contribution is 2.27. The monoisotopic (exact) mass is 258 g/mol. The third-order valence-corrected chi connectivity index (χ3v) is 3.88. The van der Waals surface area contributed by atoms with E-state index in [1.54, 1.807) is 0 Å². The summed E-state index contributed by atoms with van der Waals surface area (Å²) in [5, 5.41) is 9.70. The van der Waals surface area contributed by atoms with Crippen LogP contribution in [-0.2, 0) is 0 Å². The van der Waals surface area contributed by atoms with Gasteiger partial charge >= 0.3 is 0 Å². The lowest BCUT2D eigenvalue weighted by Gasteiger charge is -2.37. The van der Waals surface area contributed by atoms with E-state index < -0.39 is 0 Å². The van der Waals surface area contributed by atoms with E-state index >= 15 is 0 Å². The fourth-order valence-electron chi connectivity index (χ4n) is 2.31. The first-order valence-corrected chi connectivity index (χ1v) is 7.37. The predicted molar refractivity (Wildman–Crippen MR) is 79.9 cm³/mol. The molecule has 0 rings (SSSR count). The smallest absolute Gasteiger partial charge is 0.0499 e. The fourth-order valence-corrected chi connectivity index (χ4v) is 2.31. The van der Waals surface area contributed by atoms with E-state index in [2.05, 4.69) is 51.6 Å². The Morgan fingerprint density at radius 1 is 1.06 bits per heavy atom. The van der Waals surface area contributed by atoms with Crippen LogP contribution >= 0.6 is 0 Å². The van der Waals surface area contributed by atoms with Gasteiger partial charge in [-0.15, -0.1) is 0 Å². The van der Waals surface area contributed by atoms with Crippen molar-refractivity contribution in [1.82, 2.24) is 9.80 Å². The third kappa shape index (κ3) is 6.72. The Balaban J connectivity index is 4.53. The van der Waals surface area contributed by atoms with E-state index in [4.69, 9.17) is 0 Å². The summed E-state index contributed by atoms with van der Waals surface area (Å²) in [4.78, 5) is 4.75. The molecule has 0 saturated carbocycles. The molecule has 1 N–H and O–H groups in total. The van der Waals surface area contributed by atoms with Crippen molar-refractivity contribution in [2.24, 2.45) is 11.3 Å². The van der Waals surface area contributed by atoms with Crippen LogP contribution < -0.4 is 0 Å². The van der Waals surface area contributed by atoms with Crippen molar-refractivity contribution in [2.45, 2.75) is 40.5 Å². The summed E-state index contributed by atoms with van der Waals surface area (Å²) >= 11 is 0. The van der Waals surface area contributed by atoms with Crippen LogP contribution in [0.3, 0.4) is 0 Å². The molecular weight excluding hydrogens is 224 g/mol. The molecule has 0 amide bonds. The van der Waals surface area contributed by atoms with Gasteiger partial charge in [-0.1, -0.05) is 27.7 Å². The molecule has 0 aromatic rings. The minimum absolute atomic E-state index is 0.0845. The summed E-state index contributed by atoms with van der Waals surface area (Å²) in [6.07, 6.45) is 2.10. The van der Waals surface area contributed by atoms with Gasteiger partial charge in [0.1, 0.15) is 0 Å². The Hall–Kier alpha value is -0.120. The summed E-state index contributed by atoms with van der Waals surface area (Å²) in [6, 6.07) is 0. The van der Waals surface area contributed by atoms with Gasteiger partial charge in [-0.25, -0.2) is 0 Å². The number of likely N-dealkylation sites (N-methyl/N-ethyl adjacent to an activating group) is 1. The van der Waals surface area contributed by atoms with Crippen molar-refractivity contribution in [3.8, 4) is 0 Å². The Bertz CT molecular complexity index is 192. The van der Waals surface area contributed by atoms with E-state index in [9.17, 15) is 5.11 Å². The standard InChI is InChI=1S/C15H34N2O/c1-7-15(8-2,13-18)12-17(11-14(3)4)10-9-16(5)6/h14,18H,7-13H2,1-6H3. The Labute approximate surface area is 114 Å². The molecule has 0 aliphatic rings. The number of aliphatic hydroxyl groups is 1. The van der Waals surface area contributed by atoms with E-state index in [1.165, 1.54) is 0 Å². The van der Waals surface area contributed by atoms with Crippen LogP contribution in [0, 0.1) is 11.3 Å². The second-order valence-electron chi connectivity index (χ2n) is 6.30. The molecule has 0 aromatic carbocycles. The van der Waals surface area contributed by atoms with Gasteiger partial charge in [0.2, 0.25) is 0 Å². The molecule has 0 bridgehead atoms. The third-order valence-electron chi connectivity index (χ3n) is 3.88. The van der Waals surface area contributed by atoms with Crippen LogP contribution in [0.5, 0.6) is 0 Å². The van der Waals surface area contributed by atoms with E-state index in [0.717, 1.165) is 39.0 Å². The van der Waals surface area contributed by atoms with Crippen LogP contribution in [0.4, 0.5) is 0 Å². The molecule has 0 fully saturated rings. The first-order valence-electron chi connectivity index (χ1n) is 7.37. The molecule has 0 aliphatic heterocycles. The Kier molecular flexibility index (Phi) is 8.83. The average Bonchev–Trinajstić information content (AvgIpc) is 2.32. The van der Waals surface area contributed by atoms with Gasteiger partial charge in [-0.2, -0.15) is 0 Å². The molecule has 0 spiro atoms. The maximum Gasteiger partial charge on any atom is 0.0499 e. The number of aliphatic hydroxyl groups excluding tert-OH is 1. The minimum Gasteiger partial charge on any atom is -0.396 e. The van der Waals surface area contributed by atoms with Gasteiger partial charge in [-0.3, -0.25) is 0 Å². The molecule has 110 valence electrons. The summed E-state index contributed by atoms with van der Waals surface area (Å²) in [5.74, 6) is 0.678. The lowest BCUT2D eigenvalue weighted by molar-refractivity contribution is 0.0583. The van der Waals surface area contributed by atoms with Crippen molar-refractivity contribution in [2.75, 3.05) is 46.9 Å². The predicted octanol–water partition coefficient (Wildman–Crippen LogP) is 2.30. The van der Waals surface area contributed by atoms with Crippen LogP contribution in [0.1, 0.15) is 40.5 Å². The fraction of sp³-hybridized carbons (Fsp3) is 1.00. The molecule has 0 radical (unpaired) electrons. The van der Waals surface area contributed by atoms with Crippen molar-refractivity contribution < 1.29 is 5.11 Å². The number of hydrogen-bond donors (Lipinski definition) is 1. The van der Waals surface area contributed by atoms with E-state index in [-0.39, 0.29) is 5.41 Å². The minimum atomic E-state index is 0.0845. The zero-order valence-electron chi connectivity index (χ0n) is 13.4. The second-order valence-corrected chi connectivity index (χ2v) is 6.30. The molecule has 3 nitrogen and oxygen atoms in total. The van der Waals surface area contributed by atoms with Crippen molar-refractivity contribution >= 4 is 0 Å². The molecular formula is C15H34N2O. The largest absolute Gasteiger partial charge is 0.396 e. The maximum atomic E-state index is 9.70. The maximum absolute atomic E-state index is 9.70. The van der Waals surface area contributed by atoms with Gasteiger partial charge in [-0.05, 0) is 32.9 Å². The number of nitrogens with zero attached hydrogens (tertiary/aromatic N) is 2.